The van der Waals surface area contributed by atoms with Gasteiger partial charge in [0.1, 0.15) is 0 Å². The summed E-state index contributed by atoms with van der Waals surface area (Å²) in [5.74, 6) is 0. The molecule has 2 aromatic heterocycles. The first-order valence-electron chi connectivity index (χ1n) is 6.14. The molecule has 2 N–H and O–H groups in total. The maximum Gasteiger partial charge on any atom is 0.255 e. The van der Waals surface area contributed by atoms with Gasteiger partial charge < -0.3 is 10.2 Å². The molecule has 0 unspecified atom stereocenters. The number of aliphatic hydroxyl groups is 2. The summed E-state index contributed by atoms with van der Waals surface area (Å²) in [7, 11) is 0. The minimum Gasteiger partial charge on any atom is -0.395 e. The molecule has 0 atom stereocenters. The van der Waals surface area contributed by atoms with Gasteiger partial charge in [-0.05, 0) is 23.4 Å². The number of aliphatic hydroxyl groups excluding tert-OH is 2. The van der Waals surface area contributed by atoms with Gasteiger partial charge in [0, 0.05) is 23.1 Å². The first kappa shape index (κ1) is 14.0. The fraction of sp³-hybridized carbons (Fsp3) is 0.357. The number of hydrogen-bond donors (Lipinski definition) is 2. The van der Waals surface area contributed by atoms with E-state index in [0.717, 1.165) is 11.3 Å². The quantitative estimate of drug-likeness (QED) is 0.872. The first-order valence-corrected chi connectivity index (χ1v) is 7.08. The van der Waals surface area contributed by atoms with E-state index in [2.05, 4.69) is 0 Å². The van der Waals surface area contributed by atoms with Crippen molar-refractivity contribution in [1.82, 2.24) is 4.57 Å². The summed E-state index contributed by atoms with van der Waals surface area (Å²) in [6, 6.07) is 5.02. The van der Waals surface area contributed by atoms with E-state index >= 15 is 0 Å². The maximum absolute atomic E-state index is 11.9. The molecule has 0 aliphatic rings. The lowest BCUT2D eigenvalue weighted by Gasteiger charge is -2.29. The summed E-state index contributed by atoms with van der Waals surface area (Å²) >= 11 is 1.52. The number of pyridine rings is 1. The predicted octanol–water partition coefficient (Wildman–Crippen LogP) is 1.53. The molecule has 0 amide bonds. The van der Waals surface area contributed by atoms with Gasteiger partial charge in [0.25, 0.3) is 5.56 Å². The molecule has 0 saturated carbocycles. The Morgan fingerprint density at radius 3 is 2.53 bits per heavy atom. The smallest absolute Gasteiger partial charge is 0.255 e. The van der Waals surface area contributed by atoms with Crippen molar-refractivity contribution in [3.63, 3.8) is 0 Å². The van der Waals surface area contributed by atoms with Gasteiger partial charge in [-0.1, -0.05) is 13.0 Å². The third-order valence-electron chi connectivity index (χ3n) is 3.59. The third kappa shape index (κ3) is 2.49. The summed E-state index contributed by atoms with van der Waals surface area (Å²) in [5.41, 5.74) is 0.748. The van der Waals surface area contributed by atoms with Crippen LogP contribution in [0.15, 0.2) is 40.0 Å². The van der Waals surface area contributed by atoms with Crippen molar-refractivity contribution in [3.8, 4) is 5.69 Å². The predicted molar refractivity (Wildman–Crippen MR) is 76.1 cm³/mol. The molecule has 0 aliphatic heterocycles. The van der Waals surface area contributed by atoms with Gasteiger partial charge in [-0.15, -0.1) is 0 Å². The second-order valence-corrected chi connectivity index (χ2v) is 5.34. The normalized spacial score (nSPS) is 11.7. The van der Waals surface area contributed by atoms with Gasteiger partial charge in [-0.2, -0.15) is 11.3 Å². The van der Waals surface area contributed by atoms with Crippen molar-refractivity contribution < 1.29 is 10.2 Å². The molecule has 0 bridgehead atoms. The van der Waals surface area contributed by atoms with Crippen LogP contribution >= 0.6 is 11.3 Å². The molecule has 5 heteroatoms. The molecular weight excluding hydrogens is 262 g/mol. The van der Waals surface area contributed by atoms with E-state index in [9.17, 15) is 15.0 Å². The molecule has 0 spiro atoms. The van der Waals surface area contributed by atoms with E-state index in [0.29, 0.717) is 6.42 Å². The summed E-state index contributed by atoms with van der Waals surface area (Å²) in [6.07, 6.45) is 2.31. The van der Waals surface area contributed by atoms with Gasteiger partial charge in [-0.25, -0.2) is 0 Å². The Labute approximate surface area is 115 Å². The highest BCUT2D eigenvalue weighted by Crippen LogP contribution is 2.26. The number of hydrogen-bond acceptors (Lipinski definition) is 4. The van der Waals surface area contributed by atoms with Gasteiger partial charge >= 0.3 is 0 Å². The van der Waals surface area contributed by atoms with Crippen LogP contribution < -0.4 is 5.56 Å². The van der Waals surface area contributed by atoms with Crippen LogP contribution in [-0.4, -0.2) is 28.0 Å². The number of thiophene rings is 1. The lowest BCUT2D eigenvalue weighted by atomic mass is 9.80. The minimum atomic E-state index is -0.703. The standard InChI is InChI=1S/C14H17NO3S/c1-2-14(9-16,10-17)11-3-4-13(18)15(7-11)12-5-6-19-8-12/h3-8,16-17H,2,9-10H2,1H3. The van der Waals surface area contributed by atoms with E-state index in [1.165, 1.54) is 17.4 Å². The molecule has 0 fully saturated rings. The SMILES string of the molecule is CCC(CO)(CO)c1ccc(=O)n(-c2ccsc2)c1. The summed E-state index contributed by atoms with van der Waals surface area (Å²) in [6.45, 7) is 1.61. The zero-order chi connectivity index (χ0) is 13.9. The van der Waals surface area contributed by atoms with Gasteiger partial charge in [-0.3, -0.25) is 9.36 Å². The van der Waals surface area contributed by atoms with Crippen LogP contribution in [0.25, 0.3) is 5.69 Å². The Bertz CT molecular complexity index is 577. The average molecular weight is 279 g/mol. The van der Waals surface area contributed by atoms with E-state index < -0.39 is 5.41 Å². The second-order valence-electron chi connectivity index (χ2n) is 4.56. The molecule has 0 aliphatic carbocycles. The molecule has 4 nitrogen and oxygen atoms in total. The number of rotatable bonds is 5. The number of nitrogens with zero attached hydrogens (tertiary/aromatic N) is 1. The zero-order valence-electron chi connectivity index (χ0n) is 10.7. The molecular formula is C14H17NO3S. The number of aromatic nitrogens is 1. The Kier molecular flexibility index (Phi) is 4.19. The summed E-state index contributed by atoms with van der Waals surface area (Å²) in [4.78, 5) is 11.9. The van der Waals surface area contributed by atoms with E-state index in [-0.39, 0.29) is 18.8 Å². The Hall–Kier alpha value is -1.43. The van der Waals surface area contributed by atoms with Gasteiger partial charge in [0.2, 0.25) is 0 Å². The fourth-order valence-electron chi connectivity index (χ4n) is 2.06. The van der Waals surface area contributed by atoms with E-state index in [1.807, 2.05) is 23.8 Å². The Balaban J connectivity index is 2.56. The Morgan fingerprint density at radius 1 is 1.26 bits per heavy atom. The van der Waals surface area contributed by atoms with Crippen molar-refractivity contribution in [1.29, 1.82) is 0 Å². The highest BCUT2D eigenvalue weighted by atomic mass is 32.1. The Morgan fingerprint density at radius 2 is 2.00 bits per heavy atom. The molecule has 2 rings (SSSR count). The minimum absolute atomic E-state index is 0.122. The van der Waals surface area contributed by atoms with Crippen molar-refractivity contribution in [3.05, 3.63) is 51.1 Å². The highest BCUT2D eigenvalue weighted by molar-refractivity contribution is 7.08. The van der Waals surface area contributed by atoms with Crippen LogP contribution in [0.4, 0.5) is 0 Å². The highest BCUT2D eigenvalue weighted by Gasteiger charge is 2.29. The second kappa shape index (κ2) is 5.69. The molecule has 0 aromatic carbocycles. The van der Waals surface area contributed by atoms with Gasteiger partial charge in [0.05, 0.1) is 18.9 Å². The van der Waals surface area contributed by atoms with Gasteiger partial charge in [0.15, 0.2) is 0 Å². The molecule has 2 heterocycles. The molecule has 0 radical (unpaired) electrons. The van der Waals surface area contributed by atoms with Crippen molar-refractivity contribution in [2.45, 2.75) is 18.8 Å². The van der Waals surface area contributed by atoms with Crippen LogP contribution in [0.5, 0.6) is 0 Å². The maximum atomic E-state index is 11.9. The molecule has 102 valence electrons. The van der Waals surface area contributed by atoms with Crippen LogP contribution in [0.3, 0.4) is 0 Å². The molecule has 19 heavy (non-hydrogen) atoms. The topological polar surface area (TPSA) is 62.5 Å². The first-order chi connectivity index (χ1) is 9.16. The lowest BCUT2D eigenvalue weighted by Crippen LogP contribution is -2.35. The van der Waals surface area contributed by atoms with E-state index in [4.69, 9.17) is 0 Å². The fourth-order valence-corrected chi connectivity index (χ4v) is 2.69. The molecule has 0 saturated heterocycles. The largest absolute Gasteiger partial charge is 0.395 e. The molecule has 2 aromatic rings. The van der Waals surface area contributed by atoms with E-state index in [1.54, 1.807) is 16.8 Å². The summed E-state index contributed by atoms with van der Waals surface area (Å²) in [5, 5.41) is 22.9. The average Bonchev–Trinajstić information content (AvgIpc) is 2.97. The van der Waals surface area contributed by atoms with Crippen LogP contribution in [0, 0.1) is 0 Å². The zero-order valence-corrected chi connectivity index (χ0v) is 11.6. The van der Waals surface area contributed by atoms with Crippen molar-refractivity contribution in [2.24, 2.45) is 0 Å². The summed E-state index contributed by atoms with van der Waals surface area (Å²) < 4.78 is 1.54. The van der Waals surface area contributed by atoms with Crippen LogP contribution in [0.2, 0.25) is 0 Å². The lowest BCUT2D eigenvalue weighted by molar-refractivity contribution is 0.113. The van der Waals surface area contributed by atoms with Crippen molar-refractivity contribution in [2.75, 3.05) is 13.2 Å². The van der Waals surface area contributed by atoms with Crippen LogP contribution in [-0.2, 0) is 5.41 Å². The third-order valence-corrected chi connectivity index (χ3v) is 4.26. The monoisotopic (exact) mass is 279 g/mol. The van der Waals surface area contributed by atoms with Crippen LogP contribution in [0.1, 0.15) is 18.9 Å². The van der Waals surface area contributed by atoms with Crippen molar-refractivity contribution >= 4 is 11.3 Å².